The van der Waals surface area contributed by atoms with Crippen LogP contribution in [0.1, 0.15) is 42.5 Å². The number of rotatable bonds is 3. The minimum atomic E-state index is 0.614. The highest BCUT2D eigenvalue weighted by Crippen LogP contribution is 2.24. The van der Waals surface area contributed by atoms with Crippen LogP contribution < -0.4 is 4.90 Å². The predicted octanol–water partition coefficient (Wildman–Crippen LogP) is 2.66. The van der Waals surface area contributed by atoms with Crippen molar-refractivity contribution in [2.24, 2.45) is 0 Å². The van der Waals surface area contributed by atoms with Gasteiger partial charge in [0, 0.05) is 24.8 Å². The number of hydrogen-bond donors (Lipinski definition) is 0. The Hall–Kier alpha value is -1.38. The van der Waals surface area contributed by atoms with Gasteiger partial charge in [-0.2, -0.15) is 0 Å². The zero-order valence-electron chi connectivity index (χ0n) is 9.72. The molecule has 16 heavy (non-hydrogen) atoms. The van der Waals surface area contributed by atoms with Crippen LogP contribution in [0, 0.1) is 0 Å². The van der Waals surface area contributed by atoms with Crippen molar-refractivity contribution in [3.05, 3.63) is 23.9 Å². The third-order valence-electron chi connectivity index (χ3n) is 3.39. The third kappa shape index (κ3) is 2.40. The van der Waals surface area contributed by atoms with Gasteiger partial charge in [0.25, 0.3) is 0 Å². The van der Waals surface area contributed by atoms with Crippen molar-refractivity contribution in [2.45, 2.75) is 38.1 Å². The molecule has 0 saturated heterocycles. The first-order chi connectivity index (χ1) is 7.81. The van der Waals surface area contributed by atoms with E-state index in [0.29, 0.717) is 11.6 Å². The molecule has 1 fully saturated rings. The van der Waals surface area contributed by atoms with E-state index in [4.69, 9.17) is 0 Å². The molecule has 0 spiro atoms. The number of carbonyl (C=O) groups is 1. The normalized spacial score (nSPS) is 17.1. The molecular formula is C13H18N2O. The van der Waals surface area contributed by atoms with Crippen LogP contribution in [-0.2, 0) is 0 Å². The van der Waals surface area contributed by atoms with Gasteiger partial charge in [0.2, 0.25) is 0 Å². The molecule has 3 heteroatoms. The quantitative estimate of drug-likeness (QED) is 0.731. The Balaban J connectivity index is 2.06. The summed E-state index contributed by atoms with van der Waals surface area (Å²) >= 11 is 0. The van der Waals surface area contributed by atoms with Crippen molar-refractivity contribution in [1.82, 2.24) is 4.98 Å². The van der Waals surface area contributed by atoms with Gasteiger partial charge in [-0.25, -0.2) is 4.98 Å². The number of anilines is 1. The summed E-state index contributed by atoms with van der Waals surface area (Å²) in [5.41, 5.74) is 0.640. The number of carbonyl (C=O) groups excluding carboxylic acids is 1. The molecule has 86 valence electrons. The van der Waals surface area contributed by atoms with E-state index in [-0.39, 0.29) is 0 Å². The first-order valence-electron chi connectivity index (χ1n) is 5.95. The molecule has 1 aliphatic carbocycles. The fourth-order valence-corrected chi connectivity index (χ4v) is 2.33. The number of aromatic nitrogens is 1. The van der Waals surface area contributed by atoms with Crippen LogP contribution in [-0.4, -0.2) is 24.4 Å². The lowest BCUT2D eigenvalue weighted by atomic mass is 9.94. The molecule has 0 bridgehead atoms. The van der Waals surface area contributed by atoms with Crippen LogP contribution >= 0.6 is 0 Å². The SMILES string of the molecule is CN(c1ccc(C=O)cn1)C1CCCCC1. The Kier molecular flexibility index (Phi) is 3.54. The number of pyridine rings is 1. The Morgan fingerprint density at radius 1 is 1.31 bits per heavy atom. The Morgan fingerprint density at radius 2 is 2.06 bits per heavy atom. The molecule has 0 aliphatic heterocycles. The predicted molar refractivity (Wildman–Crippen MR) is 64.9 cm³/mol. The second kappa shape index (κ2) is 5.10. The second-order valence-electron chi connectivity index (χ2n) is 4.47. The molecule has 0 amide bonds. The minimum absolute atomic E-state index is 0.614. The molecule has 1 heterocycles. The highest BCUT2D eigenvalue weighted by atomic mass is 16.1. The zero-order chi connectivity index (χ0) is 11.4. The first-order valence-corrected chi connectivity index (χ1v) is 5.95. The van der Waals surface area contributed by atoms with Gasteiger partial charge in [-0.3, -0.25) is 4.79 Å². The summed E-state index contributed by atoms with van der Waals surface area (Å²) in [6.07, 6.45) is 8.99. The van der Waals surface area contributed by atoms with Gasteiger partial charge in [0.05, 0.1) is 0 Å². The van der Waals surface area contributed by atoms with Gasteiger partial charge in [-0.05, 0) is 25.0 Å². The maximum Gasteiger partial charge on any atom is 0.151 e. The molecule has 0 unspecified atom stereocenters. The monoisotopic (exact) mass is 218 g/mol. The molecule has 2 rings (SSSR count). The topological polar surface area (TPSA) is 33.2 Å². The highest BCUT2D eigenvalue weighted by molar-refractivity contribution is 5.74. The van der Waals surface area contributed by atoms with Gasteiger partial charge in [0.1, 0.15) is 5.82 Å². The van der Waals surface area contributed by atoms with Gasteiger partial charge < -0.3 is 4.90 Å². The Bertz CT molecular complexity index is 341. The molecule has 1 aliphatic rings. The second-order valence-corrected chi connectivity index (χ2v) is 4.47. The summed E-state index contributed by atoms with van der Waals surface area (Å²) in [7, 11) is 2.10. The van der Waals surface area contributed by atoms with Crippen molar-refractivity contribution in [3.8, 4) is 0 Å². The van der Waals surface area contributed by atoms with Crippen LogP contribution in [0.25, 0.3) is 0 Å². The van der Waals surface area contributed by atoms with E-state index in [0.717, 1.165) is 12.1 Å². The molecule has 0 atom stereocenters. The number of nitrogens with zero attached hydrogens (tertiary/aromatic N) is 2. The summed E-state index contributed by atoms with van der Waals surface area (Å²) in [6.45, 7) is 0. The molecule has 0 aromatic carbocycles. The summed E-state index contributed by atoms with van der Waals surface area (Å²) in [6, 6.07) is 4.37. The molecule has 3 nitrogen and oxygen atoms in total. The smallest absolute Gasteiger partial charge is 0.151 e. The molecule has 1 saturated carbocycles. The van der Waals surface area contributed by atoms with Crippen molar-refractivity contribution < 1.29 is 4.79 Å². The lowest BCUT2D eigenvalue weighted by molar-refractivity contribution is 0.112. The fraction of sp³-hybridized carbons (Fsp3) is 0.538. The summed E-state index contributed by atoms with van der Waals surface area (Å²) in [4.78, 5) is 17.1. The zero-order valence-corrected chi connectivity index (χ0v) is 9.72. The van der Waals surface area contributed by atoms with Crippen LogP contribution in [0.5, 0.6) is 0 Å². The van der Waals surface area contributed by atoms with Crippen molar-refractivity contribution in [3.63, 3.8) is 0 Å². The number of aldehydes is 1. The van der Waals surface area contributed by atoms with E-state index in [1.807, 2.05) is 12.1 Å². The van der Waals surface area contributed by atoms with Crippen molar-refractivity contribution in [1.29, 1.82) is 0 Å². The average molecular weight is 218 g/mol. The fourth-order valence-electron chi connectivity index (χ4n) is 2.33. The van der Waals surface area contributed by atoms with Gasteiger partial charge in [-0.1, -0.05) is 19.3 Å². The molecule has 0 N–H and O–H groups in total. The largest absolute Gasteiger partial charge is 0.357 e. The van der Waals surface area contributed by atoms with Crippen LogP contribution in [0.2, 0.25) is 0 Å². The Labute approximate surface area is 96.5 Å². The van der Waals surface area contributed by atoms with E-state index in [1.165, 1.54) is 32.1 Å². The standard InChI is InChI=1S/C13H18N2O/c1-15(12-5-3-2-4-6-12)13-8-7-11(10-16)9-14-13/h7-10,12H,2-6H2,1H3. The molecule has 1 aromatic heterocycles. The van der Waals surface area contributed by atoms with Gasteiger partial charge >= 0.3 is 0 Å². The maximum atomic E-state index is 10.5. The van der Waals surface area contributed by atoms with Gasteiger partial charge in [-0.15, -0.1) is 0 Å². The van der Waals surface area contributed by atoms with E-state index < -0.39 is 0 Å². The third-order valence-corrected chi connectivity index (χ3v) is 3.39. The molecule has 1 aromatic rings. The summed E-state index contributed by atoms with van der Waals surface area (Å²) < 4.78 is 0. The first kappa shape index (κ1) is 11.1. The lowest BCUT2D eigenvalue weighted by Crippen LogP contribution is -2.33. The van der Waals surface area contributed by atoms with E-state index >= 15 is 0 Å². The van der Waals surface area contributed by atoms with E-state index in [2.05, 4.69) is 16.9 Å². The lowest BCUT2D eigenvalue weighted by Gasteiger charge is -2.32. The average Bonchev–Trinajstić information content (AvgIpc) is 2.39. The maximum absolute atomic E-state index is 10.5. The van der Waals surface area contributed by atoms with Crippen LogP contribution in [0.3, 0.4) is 0 Å². The molecular weight excluding hydrogens is 200 g/mol. The van der Waals surface area contributed by atoms with Gasteiger partial charge in [0.15, 0.2) is 6.29 Å². The van der Waals surface area contributed by atoms with Crippen molar-refractivity contribution >= 4 is 12.1 Å². The van der Waals surface area contributed by atoms with E-state index in [1.54, 1.807) is 6.20 Å². The van der Waals surface area contributed by atoms with Crippen LogP contribution in [0.4, 0.5) is 5.82 Å². The minimum Gasteiger partial charge on any atom is -0.357 e. The van der Waals surface area contributed by atoms with Crippen molar-refractivity contribution in [2.75, 3.05) is 11.9 Å². The summed E-state index contributed by atoms with van der Waals surface area (Å²) in [5.74, 6) is 0.970. The van der Waals surface area contributed by atoms with E-state index in [9.17, 15) is 4.79 Å². The highest BCUT2D eigenvalue weighted by Gasteiger charge is 2.18. The van der Waals surface area contributed by atoms with Crippen LogP contribution in [0.15, 0.2) is 18.3 Å². The Morgan fingerprint density at radius 3 is 2.62 bits per heavy atom. The summed E-state index contributed by atoms with van der Waals surface area (Å²) in [5, 5.41) is 0. The number of hydrogen-bond acceptors (Lipinski definition) is 3. The molecule has 0 radical (unpaired) electrons.